The topological polar surface area (TPSA) is 66.6 Å². The maximum absolute atomic E-state index is 12.8. The number of methoxy groups -OCH3 is 1. The van der Waals surface area contributed by atoms with Crippen LogP contribution in [-0.4, -0.2) is 41.4 Å². The normalized spacial score (nSPS) is 15.7. The van der Waals surface area contributed by atoms with Crippen LogP contribution in [0.2, 0.25) is 0 Å². The molecule has 2 N–H and O–H groups in total. The predicted octanol–water partition coefficient (Wildman–Crippen LogP) is 4.22. The molecule has 0 aliphatic carbocycles. The zero-order valence-electron chi connectivity index (χ0n) is 17.8. The summed E-state index contributed by atoms with van der Waals surface area (Å²) in [7, 11) is 1.61. The van der Waals surface area contributed by atoms with Crippen molar-refractivity contribution in [2.24, 2.45) is 0 Å². The summed E-state index contributed by atoms with van der Waals surface area (Å²) in [6.45, 7) is 3.86. The number of nitrogens with zero attached hydrogens (tertiary/aromatic N) is 1. The number of hydrogen-bond donors (Lipinski definition) is 2. The molecule has 1 fully saturated rings. The first-order valence-electron chi connectivity index (χ1n) is 10.5. The summed E-state index contributed by atoms with van der Waals surface area (Å²) in [6, 6.07) is 15.7. The van der Waals surface area contributed by atoms with Gasteiger partial charge in [-0.3, -0.25) is 4.79 Å². The molecule has 6 nitrogen and oxygen atoms in total. The molecule has 3 aromatic rings. The SMILES string of the molecule is COc1ccc2cc(CN(C[C@@H]3CCCO3)C(=S)Nc3ccc(C)cc3)c(=O)[nH]c2c1. The lowest BCUT2D eigenvalue weighted by molar-refractivity contribution is 0.0904. The van der Waals surface area contributed by atoms with Crippen LogP contribution in [0.25, 0.3) is 10.9 Å². The zero-order chi connectivity index (χ0) is 21.8. The highest BCUT2D eigenvalue weighted by molar-refractivity contribution is 7.80. The van der Waals surface area contributed by atoms with Crippen molar-refractivity contribution in [1.29, 1.82) is 0 Å². The minimum Gasteiger partial charge on any atom is -0.497 e. The van der Waals surface area contributed by atoms with E-state index < -0.39 is 0 Å². The fourth-order valence-corrected chi connectivity index (χ4v) is 4.03. The number of aromatic nitrogens is 1. The average molecular weight is 438 g/mol. The standard InChI is InChI=1S/C24H27N3O3S/c1-16-5-8-19(9-6-16)25-24(31)27(15-21-4-3-11-30-21)14-18-12-17-7-10-20(29-2)13-22(17)26-23(18)28/h5-10,12-13,21H,3-4,11,14-15H2,1-2H3,(H,25,31)(H,26,28)/t21-/m0/s1. The number of pyridine rings is 1. The molecule has 4 rings (SSSR count). The molecule has 0 saturated carbocycles. The highest BCUT2D eigenvalue weighted by Gasteiger charge is 2.22. The van der Waals surface area contributed by atoms with Gasteiger partial charge in [-0.1, -0.05) is 17.7 Å². The van der Waals surface area contributed by atoms with E-state index in [1.165, 1.54) is 5.56 Å². The minimum atomic E-state index is -0.128. The maximum Gasteiger partial charge on any atom is 0.253 e. The van der Waals surface area contributed by atoms with Gasteiger partial charge in [0.2, 0.25) is 0 Å². The molecule has 1 aliphatic rings. The molecule has 31 heavy (non-hydrogen) atoms. The second-order valence-corrected chi connectivity index (χ2v) is 8.28. The molecule has 7 heteroatoms. The van der Waals surface area contributed by atoms with Crippen molar-refractivity contribution in [1.82, 2.24) is 9.88 Å². The van der Waals surface area contributed by atoms with Gasteiger partial charge in [-0.15, -0.1) is 0 Å². The van der Waals surface area contributed by atoms with Crippen molar-refractivity contribution < 1.29 is 9.47 Å². The summed E-state index contributed by atoms with van der Waals surface area (Å²) in [4.78, 5) is 17.8. The second kappa shape index (κ2) is 9.49. The summed E-state index contributed by atoms with van der Waals surface area (Å²) >= 11 is 5.73. The summed E-state index contributed by atoms with van der Waals surface area (Å²) < 4.78 is 11.1. The van der Waals surface area contributed by atoms with Crippen molar-refractivity contribution in [3.8, 4) is 5.75 Å². The van der Waals surface area contributed by atoms with E-state index in [1.807, 2.05) is 60.4 Å². The van der Waals surface area contributed by atoms with E-state index in [9.17, 15) is 4.79 Å². The van der Waals surface area contributed by atoms with Gasteiger partial charge in [0, 0.05) is 30.5 Å². The van der Waals surface area contributed by atoms with Crippen LogP contribution >= 0.6 is 12.2 Å². The van der Waals surface area contributed by atoms with Crippen molar-refractivity contribution in [3.05, 3.63) is 70.0 Å². The maximum atomic E-state index is 12.8. The lowest BCUT2D eigenvalue weighted by atomic mass is 10.1. The number of nitrogens with one attached hydrogen (secondary N) is 2. The van der Waals surface area contributed by atoms with E-state index in [0.717, 1.165) is 36.0 Å². The van der Waals surface area contributed by atoms with Crippen molar-refractivity contribution in [3.63, 3.8) is 0 Å². The number of ether oxygens (including phenoxy) is 2. The van der Waals surface area contributed by atoms with Crippen LogP contribution in [0.4, 0.5) is 5.69 Å². The Labute approximate surface area is 187 Å². The fourth-order valence-electron chi connectivity index (χ4n) is 3.77. The van der Waals surface area contributed by atoms with Gasteiger partial charge in [-0.05, 0) is 67.7 Å². The summed E-state index contributed by atoms with van der Waals surface area (Å²) in [6.07, 6.45) is 2.16. The van der Waals surface area contributed by atoms with Crippen LogP contribution in [0, 0.1) is 6.92 Å². The smallest absolute Gasteiger partial charge is 0.253 e. The molecule has 0 radical (unpaired) electrons. The Bertz CT molecular complexity index is 1120. The third-order valence-corrected chi connectivity index (χ3v) is 5.89. The van der Waals surface area contributed by atoms with Crippen LogP contribution in [-0.2, 0) is 11.3 Å². The van der Waals surface area contributed by atoms with E-state index in [-0.39, 0.29) is 11.7 Å². The molecule has 0 bridgehead atoms. The lowest BCUT2D eigenvalue weighted by Gasteiger charge is -2.28. The van der Waals surface area contributed by atoms with E-state index in [1.54, 1.807) is 7.11 Å². The number of rotatable bonds is 6. The first-order chi connectivity index (χ1) is 15.0. The van der Waals surface area contributed by atoms with E-state index in [0.29, 0.717) is 29.5 Å². The summed E-state index contributed by atoms with van der Waals surface area (Å²) in [5.74, 6) is 0.708. The number of aryl methyl sites for hydroxylation is 1. The number of anilines is 1. The Hall–Kier alpha value is -2.90. The van der Waals surface area contributed by atoms with Gasteiger partial charge in [0.15, 0.2) is 5.11 Å². The first kappa shape index (κ1) is 21.3. The Kier molecular flexibility index (Phi) is 6.53. The number of hydrogen-bond acceptors (Lipinski definition) is 4. The lowest BCUT2D eigenvalue weighted by Crippen LogP contribution is -2.40. The third kappa shape index (κ3) is 5.24. The molecule has 0 unspecified atom stereocenters. The summed E-state index contributed by atoms with van der Waals surface area (Å²) in [5.41, 5.74) is 3.39. The largest absolute Gasteiger partial charge is 0.497 e. The van der Waals surface area contributed by atoms with Crippen molar-refractivity contribution >= 4 is 33.9 Å². The number of aromatic amines is 1. The minimum absolute atomic E-state index is 0.113. The highest BCUT2D eigenvalue weighted by Crippen LogP contribution is 2.20. The van der Waals surface area contributed by atoms with Gasteiger partial charge in [-0.2, -0.15) is 0 Å². The van der Waals surface area contributed by atoms with E-state index in [2.05, 4.69) is 10.3 Å². The fraction of sp³-hybridized carbons (Fsp3) is 0.333. The number of thiocarbonyl (C=S) groups is 1. The summed E-state index contributed by atoms with van der Waals surface area (Å²) in [5, 5.41) is 4.83. The van der Waals surface area contributed by atoms with Crippen LogP contribution < -0.4 is 15.6 Å². The molecule has 1 aliphatic heterocycles. The van der Waals surface area contributed by atoms with E-state index in [4.69, 9.17) is 21.7 Å². The van der Waals surface area contributed by atoms with Gasteiger partial charge in [0.25, 0.3) is 5.56 Å². The molecular formula is C24H27N3O3S. The number of benzene rings is 2. The Morgan fingerprint density at radius 1 is 1.26 bits per heavy atom. The molecule has 1 atom stereocenters. The Morgan fingerprint density at radius 3 is 2.77 bits per heavy atom. The molecular weight excluding hydrogens is 410 g/mol. The van der Waals surface area contributed by atoms with Gasteiger partial charge in [0.1, 0.15) is 5.75 Å². The van der Waals surface area contributed by atoms with Gasteiger partial charge < -0.3 is 24.7 Å². The average Bonchev–Trinajstić information content (AvgIpc) is 3.28. The second-order valence-electron chi connectivity index (χ2n) is 7.89. The third-order valence-electron chi connectivity index (χ3n) is 5.53. The predicted molar refractivity (Wildman–Crippen MR) is 128 cm³/mol. The van der Waals surface area contributed by atoms with Gasteiger partial charge in [0.05, 0.1) is 25.3 Å². The van der Waals surface area contributed by atoms with E-state index >= 15 is 0 Å². The first-order valence-corrected chi connectivity index (χ1v) is 10.9. The van der Waals surface area contributed by atoms with Crippen LogP contribution in [0.1, 0.15) is 24.0 Å². The molecule has 0 amide bonds. The number of H-pyrrole nitrogens is 1. The van der Waals surface area contributed by atoms with Gasteiger partial charge >= 0.3 is 0 Å². The Morgan fingerprint density at radius 2 is 2.06 bits per heavy atom. The molecule has 0 spiro atoms. The molecule has 1 aromatic heterocycles. The quantitative estimate of drug-likeness (QED) is 0.563. The highest BCUT2D eigenvalue weighted by atomic mass is 32.1. The molecule has 2 heterocycles. The zero-order valence-corrected chi connectivity index (χ0v) is 18.6. The monoisotopic (exact) mass is 437 g/mol. The van der Waals surface area contributed by atoms with Crippen LogP contribution in [0.5, 0.6) is 5.75 Å². The van der Waals surface area contributed by atoms with Crippen molar-refractivity contribution in [2.45, 2.75) is 32.4 Å². The molecule has 1 saturated heterocycles. The van der Waals surface area contributed by atoms with Crippen LogP contribution in [0.3, 0.4) is 0 Å². The van der Waals surface area contributed by atoms with Gasteiger partial charge in [-0.25, -0.2) is 0 Å². The molecule has 2 aromatic carbocycles. The number of fused-ring (bicyclic) bond motifs is 1. The van der Waals surface area contributed by atoms with Crippen molar-refractivity contribution in [2.75, 3.05) is 25.6 Å². The Balaban J connectivity index is 1.58. The molecule has 162 valence electrons. The van der Waals surface area contributed by atoms with Crippen LogP contribution in [0.15, 0.2) is 53.3 Å².